The van der Waals surface area contributed by atoms with E-state index in [1.165, 1.54) is 17.7 Å². The Morgan fingerprint density at radius 1 is 1.36 bits per heavy atom. The molecular weight excluding hydrogens is 200 g/mol. The third-order valence-electron chi connectivity index (χ3n) is 2.01. The molecule has 0 amide bonds. The minimum atomic E-state index is -0.229. The lowest BCUT2D eigenvalue weighted by atomic mass is 10.2. The Hall–Kier alpha value is -1.75. The Bertz CT molecular complexity index is 671. The van der Waals surface area contributed by atoms with E-state index in [1.54, 1.807) is 18.6 Å². The minimum Gasteiger partial charge on any atom is -0.471 e. The molecule has 0 N–H and O–H groups in total. The Kier molecular flexibility index (Phi) is 1.43. The Morgan fingerprint density at radius 2 is 2.29 bits per heavy atom. The summed E-state index contributed by atoms with van der Waals surface area (Å²) in [6.07, 6.45) is 4.44. The van der Waals surface area contributed by atoms with Crippen molar-refractivity contribution >= 4 is 31.6 Å². The topological polar surface area (TPSA) is 56.0 Å². The van der Waals surface area contributed by atoms with E-state index in [-0.39, 0.29) is 5.56 Å². The zero-order chi connectivity index (χ0) is 9.54. The number of rotatable bonds is 0. The number of nitrogens with zero attached hydrogens (tertiary/aromatic N) is 2. The van der Waals surface area contributed by atoms with E-state index in [2.05, 4.69) is 9.97 Å². The molecule has 3 heterocycles. The Morgan fingerprint density at radius 3 is 3.21 bits per heavy atom. The molecule has 68 valence electrons. The van der Waals surface area contributed by atoms with Crippen molar-refractivity contribution in [3.05, 3.63) is 35.3 Å². The fourth-order valence-electron chi connectivity index (χ4n) is 1.41. The van der Waals surface area contributed by atoms with Crippen molar-refractivity contribution < 1.29 is 4.42 Å². The second-order valence-electron chi connectivity index (χ2n) is 2.80. The summed E-state index contributed by atoms with van der Waals surface area (Å²) in [5, 5.41) is 1.45. The molecule has 0 aliphatic carbocycles. The highest BCUT2D eigenvalue weighted by Gasteiger charge is 2.08. The lowest BCUT2D eigenvalue weighted by Gasteiger charge is -1.86. The third-order valence-corrected chi connectivity index (χ3v) is 3.05. The minimum absolute atomic E-state index is 0.229. The summed E-state index contributed by atoms with van der Waals surface area (Å²) in [6, 6.07) is 1.76. The van der Waals surface area contributed by atoms with E-state index < -0.39 is 0 Å². The van der Waals surface area contributed by atoms with E-state index in [4.69, 9.17) is 4.42 Å². The Balaban J connectivity index is 2.73. The molecule has 0 fully saturated rings. The first-order valence-electron chi connectivity index (χ1n) is 3.96. The summed E-state index contributed by atoms with van der Waals surface area (Å²) in [5.74, 6) is 0. The van der Waals surface area contributed by atoms with Gasteiger partial charge in [0.25, 0.3) is 5.56 Å². The van der Waals surface area contributed by atoms with Crippen molar-refractivity contribution in [2.75, 3.05) is 0 Å². The molecule has 0 unspecified atom stereocenters. The van der Waals surface area contributed by atoms with Crippen molar-refractivity contribution in [2.24, 2.45) is 0 Å². The highest BCUT2D eigenvalue weighted by Crippen LogP contribution is 2.29. The molecule has 3 aromatic heterocycles. The first-order valence-corrected chi connectivity index (χ1v) is 4.77. The average Bonchev–Trinajstić information content (AvgIpc) is 2.57. The summed E-state index contributed by atoms with van der Waals surface area (Å²) in [5.41, 5.74) is -0.229. The molecule has 0 saturated carbocycles. The molecule has 14 heavy (non-hydrogen) atoms. The largest absolute Gasteiger partial charge is 0.471 e. The Labute approximate surface area is 81.8 Å². The summed E-state index contributed by atoms with van der Waals surface area (Å²) >= 11 is 1.43. The van der Waals surface area contributed by atoms with Gasteiger partial charge < -0.3 is 4.42 Å². The number of aromatic nitrogens is 2. The smallest absolute Gasteiger partial charge is 0.282 e. The molecule has 0 spiro atoms. The van der Waals surface area contributed by atoms with Crippen LogP contribution in [-0.4, -0.2) is 9.97 Å². The van der Waals surface area contributed by atoms with Crippen molar-refractivity contribution in [1.29, 1.82) is 0 Å². The van der Waals surface area contributed by atoms with Crippen LogP contribution in [-0.2, 0) is 0 Å². The number of fused-ring (bicyclic) bond motifs is 3. The van der Waals surface area contributed by atoms with Crippen LogP contribution < -0.4 is 5.56 Å². The lowest BCUT2D eigenvalue weighted by molar-refractivity contribution is 0.558. The van der Waals surface area contributed by atoms with Crippen LogP contribution in [0.5, 0.6) is 0 Å². The molecule has 3 rings (SSSR count). The van der Waals surface area contributed by atoms with Crippen molar-refractivity contribution in [3.63, 3.8) is 0 Å². The van der Waals surface area contributed by atoms with Crippen LogP contribution >= 0.6 is 11.3 Å². The van der Waals surface area contributed by atoms with E-state index >= 15 is 0 Å². The monoisotopic (exact) mass is 204 g/mol. The summed E-state index contributed by atoms with van der Waals surface area (Å²) in [4.78, 5) is 19.9. The number of hydrogen-bond acceptors (Lipinski definition) is 5. The molecule has 0 aliphatic heterocycles. The predicted molar refractivity (Wildman–Crippen MR) is 53.5 cm³/mol. The zero-order valence-electron chi connectivity index (χ0n) is 6.93. The fourth-order valence-corrected chi connectivity index (χ4v) is 2.40. The maximum Gasteiger partial charge on any atom is 0.282 e. The first-order chi connectivity index (χ1) is 6.86. The molecule has 0 saturated heterocycles. The third kappa shape index (κ3) is 0.898. The second kappa shape index (κ2) is 2.62. The van der Waals surface area contributed by atoms with Crippen LogP contribution in [0, 0.1) is 0 Å². The highest BCUT2D eigenvalue weighted by molar-refractivity contribution is 7.25. The van der Waals surface area contributed by atoms with E-state index in [1.807, 2.05) is 0 Å². The maximum atomic E-state index is 11.5. The summed E-state index contributed by atoms with van der Waals surface area (Å²) < 4.78 is 5.94. The van der Waals surface area contributed by atoms with Gasteiger partial charge in [0.15, 0.2) is 0 Å². The van der Waals surface area contributed by atoms with Crippen molar-refractivity contribution in [3.8, 4) is 0 Å². The van der Waals surface area contributed by atoms with Gasteiger partial charge in [0.1, 0.15) is 17.4 Å². The first kappa shape index (κ1) is 7.64. The van der Waals surface area contributed by atoms with Crippen LogP contribution in [0.2, 0.25) is 0 Å². The molecule has 4 nitrogen and oxygen atoms in total. The molecule has 0 aromatic carbocycles. The normalized spacial score (nSPS) is 11.1. The van der Waals surface area contributed by atoms with Gasteiger partial charge in [0.2, 0.25) is 0 Å². The molecule has 0 radical (unpaired) electrons. The van der Waals surface area contributed by atoms with E-state index in [9.17, 15) is 4.79 Å². The average molecular weight is 204 g/mol. The molecule has 0 aliphatic rings. The van der Waals surface area contributed by atoms with Gasteiger partial charge in [-0.25, -0.2) is 4.98 Å². The van der Waals surface area contributed by atoms with Gasteiger partial charge in [-0.3, -0.25) is 4.79 Å². The quantitative estimate of drug-likeness (QED) is 0.560. The van der Waals surface area contributed by atoms with Crippen LogP contribution in [0.25, 0.3) is 20.3 Å². The van der Waals surface area contributed by atoms with Gasteiger partial charge in [-0.2, -0.15) is 4.98 Å². The molecular formula is C9H4N2O2S. The summed E-state index contributed by atoms with van der Waals surface area (Å²) in [6.45, 7) is 0. The van der Waals surface area contributed by atoms with Crippen LogP contribution in [0.4, 0.5) is 0 Å². The van der Waals surface area contributed by atoms with Gasteiger partial charge in [-0.05, 0) is 6.07 Å². The lowest BCUT2D eigenvalue weighted by Crippen LogP contribution is -2.04. The predicted octanol–water partition coefficient (Wildman–Crippen LogP) is 1.80. The van der Waals surface area contributed by atoms with E-state index in [0.29, 0.717) is 10.2 Å². The highest BCUT2D eigenvalue weighted by atomic mass is 32.1. The standard InChI is InChI=1S/C9H4N2O2S/c12-8-7-5-1-2-13-3-6(5)14-9(7)11-4-10-8/h1-4H. The van der Waals surface area contributed by atoms with Crippen molar-refractivity contribution in [1.82, 2.24) is 9.97 Å². The van der Waals surface area contributed by atoms with Gasteiger partial charge in [0, 0.05) is 5.39 Å². The molecule has 3 aromatic rings. The number of thiophene rings is 1. The van der Waals surface area contributed by atoms with Crippen LogP contribution in [0.15, 0.2) is 34.1 Å². The number of hydrogen-bond donors (Lipinski definition) is 0. The fraction of sp³-hybridized carbons (Fsp3) is 0. The summed E-state index contributed by atoms with van der Waals surface area (Å²) in [7, 11) is 0. The van der Waals surface area contributed by atoms with Gasteiger partial charge in [-0.15, -0.1) is 11.3 Å². The SMILES string of the molecule is O=c1ncnc2sc3coccc3c12. The van der Waals surface area contributed by atoms with Crippen LogP contribution in [0.3, 0.4) is 0 Å². The molecule has 0 atom stereocenters. The zero-order valence-corrected chi connectivity index (χ0v) is 7.75. The van der Waals surface area contributed by atoms with Gasteiger partial charge in [0.05, 0.1) is 16.3 Å². The van der Waals surface area contributed by atoms with Crippen molar-refractivity contribution in [2.45, 2.75) is 0 Å². The van der Waals surface area contributed by atoms with Gasteiger partial charge in [-0.1, -0.05) is 0 Å². The maximum absolute atomic E-state index is 11.5. The van der Waals surface area contributed by atoms with Gasteiger partial charge >= 0.3 is 0 Å². The molecule has 5 heteroatoms. The molecule has 0 bridgehead atoms. The second-order valence-corrected chi connectivity index (χ2v) is 3.83. The van der Waals surface area contributed by atoms with E-state index in [0.717, 1.165) is 10.1 Å². The van der Waals surface area contributed by atoms with Crippen LogP contribution in [0.1, 0.15) is 0 Å².